The Balaban J connectivity index is 1.23. The van der Waals surface area contributed by atoms with Crippen LogP contribution in [0.5, 0.6) is 0 Å². The number of esters is 2. The zero-order valence-electron chi connectivity index (χ0n) is 28.8. The summed E-state index contributed by atoms with van der Waals surface area (Å²) in [5.74, 6) is 1.00. The van der Waals surface area contributed by atoms with Crippen molar-refractivity contribution in [1.82, 2.24) is 14.7 Å². The first-order chi connectivity index (χ1) is 20.8. The Morgan fingerprint density at radius 2 is 1.80 bits per heavy atom. The minimum Gasteiger partial charge on any atom is -0.482 e. The van der Waals surface area contributed by atoms with E-state index >= 15 is 0 Å². The summed E-state index contributed by atoms with van der Waals surface area (Å²) in [5.41, 5.74) is 8.26. The number of rotatable bonds is 15. The van der Waals surface area contributed by atoms with E-state index in [-0.39, 0.29) is 54.1 Å². The molecule has 7 atom stereocenters. The predicted molar refractivity (Wildman–Crippen MR) is 174 cm³/mol. The number of carbonyl (C=O) groups is 2. The Hall–Kier alpha value is -1.68. The highest BCUT2D eigenvalue weighted by Gasteiger charge is 2.59. The third-order valence-electron chi connectivity index (χ3n) is 11.4. The summed E-state index contributed by atoms with van der Waals surface area (Å²) in [5, 5.41) is 0. The van der Waals surface area contributed by atoms with Crippen molar-refractivity contribution in [2.45, 2.75) is 122 Å². The number of hydrogen-bond acceptors (Lipinski definition) is 9. The average molecular weight is 619 g/mol. The van der Waals surface area contributed by atoms with Gasteiger partial charge in [0, 0.05) is 50.1 Å². The summed E-state index contributed by atoms with van der Waals surface area (Å²) in [7, 11) is 6.08. The van der Waals surface area contributed by atoms with Gasteiger partial charge in [0.05, 0.1) is 19.1 Å². The van der Waals surface area contributed by atoms with Crippen LogP contribution in [0.15, 0.2) is 11.8 Å². The molecule has 0 aromatic carbocycles. The summed E-state index contributed by atoms with van der Waals surface area (Å²) >= 11 is 0. The fourth-order valence-electron chi connectivity index (χ4n) is 8.43. The van der Waals surface area contributed by atoms with Crippen LogP contribution in [0, 0.1) is 23.2 Å². The van der Waals surface area contributed by atoms with E-state index in [0.29, 0.717) is 31.4 Å². The van der Waals surface area contributed by atoms with Crippen LogP contribution >= 0.6 is 0 Å². The van der Waals surface area contributed by atoms with Crippen molar-refractivity contribution in [3.63, 3.8) is 0 Å². The molecule has 3 fully saturated rings. The number of hydrogen-bond donors (Lipinski definition) is 1. The number of ether oxygens (including phenoxy) is 3. The van der Waals surface area contributed by atoms with Gasteiger partial charge in [-0.2, -0.15) is 0 Å². The van der Waals surface area contributed by atoms with E-state index in [1.165, 1.54) is 18.4 Å². The molecule has 0 amide bonds. The highest BCUT2D eigenvalue weighted by molar-refractivity contribution is 5.77. The maximum atomic E-state index is 12.6. The minimum absolute atomic E-state index is 0.0497. The number of nitrogens with two attached hydrogens (primary N) is 1. The molecule has 0 radical (unpaired) electrons. The maximum absolute atomic E-state index is 12.6. The maximum Gasteiger partial charge on any atom is 0.306 e. The molecular weight excluding hydrogens is 556 g/mol. The second-order valence-corrected chi connectivity index (χ2v) is 15.3. The molecule has 4 rings (SSSR count). The molecule has 0 spiro atoms. The average Bonchev–Trinajstić information content (AvgIpc) is 3.32. The van der Waals surface area contributed by atoms with Crippen molar-refractivity contribution in [2.24, 2.45) is 28.9 Å². The quantitative estimate of drug-likeness (QED) is 0.260. The first-order valence-corrected chi connectivity index (χ1v) is 17.4. The summed E-state index contributed by atoms with van der Waals surface area (Å²) in [6.45, 7) is 13.3. The SMILES string of the molecule is CC(C)CCCC(N)C1CCN2C3OC=C4CC(OC(=O)CCC(=O)OCCN(C)CCN(C)C)CCC4(C)C3CCC12C. The van der Waals surface area contributed by atoms with E-state index in [1.807, 2.05) is 27.4 Å². The van der Waals surface area contributed by atoms with Crippen molar-refractivity contribution < 1.29 is 23.8 Å². The van der Waals surface area contributed by atoms with Crippen LogP contribution in [0.25, 0.3) is 0 Å². The second kappa shape index (κ2) is 15.3. The van der Waals surface area contributed by atoms with Gasteiger partial charge >= 0.3 is 11.9 Å². The van der Waals surface area contributed by atoms with E-state index in [4.69, 9.17) is 19.9 Å². The Bertz CT molecular complexity index is 1000. The molecule has 252 valence electrons. The predicted octanol–water partition coefficient (Wildman–Crippen LogP) is 4.79. The van der Waals surface area contributed by atoms with Crippen LogP contribution < -0.4 is 5.73 Å². The lowest BCUT2D eigenvalue weighted by atomic mass is 9.58. The molecule has 2 saturated heterocycles. The number of piperidine rings is 1. The van der Waals surface area contributed by atoms with E-state index in [9.17, 15) is 9.59 Å². The number of fused-ring (bicyclic) bond motifs is 5. The van der Waals surface area contributed by atoms with Gasteiger partial charge < -0.3 is 29.7 Å². The number of nitrogens with zero attached hydrogens (tertiary/aromatic N) is 3. The van der Waals surface area contributed by atoms with Crippen molar-refractivity contribution in [3.8, 4) is 0 Å². The topological polar surface area (TPSA) is 97.6 Å². The van der Waals surface area contributed by atoms with Gasteiger partial charge in [-0.15, -0.1) is 0 Å². The van der Waals surface area contributed by atoms with Crippen LogP contribution in [0.4, 0.5) is 0 Å². The van der Waals surface area contributed by atoms with Crippen LogP contribution in [0.1, 0.15) is 98.3 Å². The van der Waals surface area contributed by atoms with Gasteiger partial charge in [-0.25, -0.2) is 0 Å². The Morgan fingerprint density at radius 3 is 2.52 bits per heavy atom. The smallest absolute Gasteiger partial charge is 0.306 e. The Morgan fingerprint density at radius 1 is 1.05 bits per heavy atom. The third kappa shape index (κ3) is 8.37. The third-order valence-corrected chi connectivity index (χ3v) is 11.4. The number of likely N-dealkylation sites (N-methyl/N-ethyl adjacent to an activating group) is 2. The van der Waals surface area contributed by atoms with E-state index in [2.05, 4.69) is 42.4 Å². The first-order valence-electron chi connectivity index (χ1n) is 17.4. The molecule has 3 aliphatic heterocycles. The molecule has 3 heterocycles. The summed E-state index contributed by atoms with van der Waals surface area (Å²) in [6.07, 6.45) is 11.6. The number of carbonyl (C=O) groups excluding carboxylic acids is 2. The molecule has 0 aromatic rings. The van der Waals surface area contributed by atoms with E-state index < -0.39 is 0 Å². The Kier molecular flexibility index (Phi) is 12.2. The second-order valence-electron chi connectivity index (χ2n) is 15.3. The largest absolute Gasteiger partial charge is 0.482 e. The van der Waals surface area contributed by atoms with Crippen molar-refractivity contribution in [1.29, 1.82) is 0 Å². The summed E-state index contributed by atoms with van der Waals surface area (Å²) in [6, 6.07) is 0.248. The molecule has 1 saturated carbocycles. The van der Waals surface area contributed by atoms with Crippen molar-refractivity contribution >= 4 is 11.9 Å². The molecule has 9 heteroatoms. The summed E-state index contributed by atoms with van der Waals surface area (Å²) < 4.78 is 17.8. The normalized spacial score (nSPS) is 32.5. The van der Waals surface area contributed by atoms with Gasteiger partial charge in [-0.1, -0.05) is 33.6 Å². The highest BCUT2D eigenvalue weighted by Crippen LogP contribution is 2.58. The zero-order chi connectivity index (χ0) is 32.1. The zero-order valence-corrected chi connectivity index (χ0v) is 28.8. The summed E-state index contributed by atoms with van der Waals surface area (Å²) in [4.78, 5) is 31.7. The van der Waals surface area contributed by atoms with Gasteiger partial charge in [-0.3, -0.25) is 14.5 Å². The molecule has 9 nitrogen and oxygen atoms in total. The van der Waals surface area contributed by atoms with Gasteiger partial charge in [0.2, 0.25) is 0 Å². The fourth-order valence-corrected chi connectivity index (χ4v) is 8.43. The minimum atomic E-state index is -0.349. The monoisotopic (exact) mass is 618 g/mol. The molecule has 0 aromatic heterocycles. The van der Waals surface area contributed by atoms with Gasteiger partial charge in [0.1, 0.15) is 12.7 Å². The van der Waals surface area contributed by atoms with Crippen LogP contribution in [0.3, 0.4) is 0 Å². The van der Waals surface area contributed by atoms with Gasteiger partial charge in [-0.05, 0) is 89.4 Å². The molecule has 7 unspecified atom stereocenters. The van der Waals surface area contributed by atoms with Crippen LogP contribution in [-0.2, 0) is 23.8 Å². The van der Waals surface area contributed by atoms with E-state index in [1.54, 1.807) is 0 Å². The van der Waals surface area contributed by atoms with Crippen LogP contribution in [-0.4, -0.2) is 104 Å². The molecule has 44 heavy (non-hydrogen) atoms. The van der Waals surface area contributed by atoms with Gasteiger partial charge in [0.25, 0.3) is 0 Å². The molecule has 1 aliphatic carbocycles. The molecule has 0 bridgehead atoms. The van der Waals surface area contributed by atoms with Crippen molar-refractivity contribution in [2.75, 3.05) is 53.9 Å². The van der Waals surface area contributed by atoms with Crippen LogP contribution in [0.2, 0.25) is 0 Å². The molecular formula is C35H62N4O5. The van der Waals surface area contributed by atoms with E-state index in [0.717, 1.165) is 64.1 Å². The standard InChI is InChI=1S/C35H62N4O5/c1-25(2)9-8-10-30(36)28-15-18-39-33-29(14-17-35(28,39)4)34(3)16-13-27(23-26(34)24-43-33)44-32(41)12-11-31(40)42-22-21-38(7)20-19-37(5)6/h24-25,27-30,33H,8-23,36H2,1-7H3. The lowest BCUT2D eigenvalue weighted by molar-refractivity contribution is -0.173. The lowest BCUT2D eigenvalue weighted by Gasteiger charge is -2.58. The van der Waals surface area contributed by atoms with Gasteiger partial charge in [0.15, 0.2) is 6.23 Å². The Labute approximate surface area is 267 Å². The molecule has 2 N–H and O–H groups in total. The van der Waals surface area contributed by atoms with Crippen molar-refractivity contribution in [3.05, 3.63) is 11.8 Å². The highest BCUT2D eigenvalue weighted by atomic mass is 16.5. The first kappa shape index (κ1) is 35.2. The fraction of sp³-hybridized carbons (Fsp3) is 0.886. The lowest BCUT2D eigenvalue weighted by Crippen LogP contribution is -2.63. The molecule has 4 aliphatic rings.